The summed E-state index contributed by atoms with van der Waals surface area (Å²) in [5, 5.41) is 14.9. The van der Waals surface area contributed by atoms with Crippen LogP contribution in [0.1, 0.15) is 16.8 Å². The van der Waals surface area contributed by atoms with Crippen LogP contribution in [-0.4, -0.2) is 36.7 Å². The minimum atomic E-state index is -0.820. The summed E-state index contributed by atoms with van der Waals surface area (Å²) in [6.45, 7) is 0.959. The second-order valence-electron chi connectivity index (χ2n) is 7.80. The topological polar surface area (TPSA) is 89.6 Å². The first-order valence-electron chi connectivity index (χ1n) is 10.8. The molecule has 0 spiro atoms. The lowest BCUT2D eigenvalue weighted by molar-refractivity contribution is -0.133. The largest absolute Gasteiger partial charge is 0.486 e. The van der Waals surface area contributed by atoms with Gasteiger partial charge in [0.2, 0.25) is 0 Å². The molecular weight excluding hydrogens is 504 g/mol. The molecule has 10 heteroatoms. The highest BCUT2D eigenvalue weighted by Crippen LogP contribution is 2.34. The predicted molar refractivity (Wildman–Crippen MR) is 139 cm³/mol. The normalized spacial score (nSPS) is 15.0. The van der Waals surface area contributed by atoms with Gasteiger partial charge in [-0.15, -0.1) is 21.8 Å². The van der Waals surface area contributed by atoms with Crippen molar-refractivity contribution in [2.45, 2.75) is 24.6 Å². The molecule has 1 N–H and O–H groups in total. The van der Waals surface area contributed by atoms with Gasteiger partial charge in [-0.2, -0.15) is 0 Å². The molecule has 0 saturated carbocycles. The molecule has 2 aromatic heterocycles. The van der Waals surface area contributed by atoms with Crippen LogP contribution < -0.4 is 10.2 Å². The van der Waals surface area contributed by atoms with Crippen molar-refractivity contribution in [1.82, 2.24) is 14.5 Å². The zero-order valence-corrected chi connectivity index (χ0v) is 20.9. The number of fused-ring (bicyclic) bond motifs is 1. The molecule has 2 aromatic carbocycles. The molecule has 178 valence electrons. The fourth-order valence-electron chi connectivity index (χ4n) is 3.78. The third-order valence-electron chi connectivity index (χ3n) is 5.33. The molecule has 0 saturated heterocycles. The van der Waals surface area contributed by atoms with Gasteiger partial charge in [0.1, 0.15) is 12.4 Å². The van der Waals surface area contributed by atoms with Crippen LogP contribution >= 0.6 is 33.4 Å². The van der Waals surface area contributed by atoms with Crippen LogP contribution in [0.2, 0.25) is 5.02 Å². The lowest BCUT2D eigenvalue weighted by atomic mass is 10.2. The van der Waals surface area contributed by atoms with E-state index in [9.17, 15) is 9.90 Å². The van der Waals surface area contributed by atoms with Gasteiger partial charge >= 0.3 is 5.97 Å². The first-order chi connectivity index (χ1) is 17.1. The Labute approximate surface area is 213 Å². The van der Waals surface area contributed by atoms with E-state index in [-0.39, 0.29) is 5.75 Å². The molecule has 1 atom stereocenters. The fourth-order valence-corrected chi connectivity index (χ4v) is 6.51. The van der Waals surface area contributed by atoms with E-state index in [2.05, 4.69) is 15.3 Å². The van der Waals surface area contributed by atoms with E-state index < -0.39 is 16.5 Å². The van der Waals surface area contributed by atoms with Gasteiger partial charge in [-0.1, -0.05) is 41.9 Å². The number of hydrogen-bond donors (Lipinski definition) is 1. The molecule has 35 heavy (non-hydrogen) atoms. The van der Waals surface area contributed by atoms with Crippen molar-refractivity contribution in [3.05, 3.63) is 93.1 Å². The highest BCUT2D eigenvalue weighted by Gasteiger charge is 2.21. The standard InChI is InChI=1S/C25H21ClN4O3S2/c26-21-10-18(6-7-22(21)33-12-19-13-34-16-28-19)29-24-20-8-9-35(14-23(31)32)25(20)30(15-27-24)11-17-4-2-1-3-5-17/h1-7,9-10,13,15-16H,8,11-12,14H2,(H,31,32). The Kier molecular flexibility index (Phi) is 7.08. The number of halogens is 1. The number of carboxylic acids is 1. The number of aliphatic carboxylic acids is 1. The molecule has 0 amide bonds. The number of thiazole rings is 1. The minimum Gasteiger partial charge on any atom is -0.486 e. The van der Waals surface area contributed by atoms with Gasteiger partial charge in [0, 0.05) is 23.9 Å². The number of carboxylic acid groups (broad SMARTS) is 1. The van der Waals surface area contributed by atoms with E-state index in [1.807, 2.05) is 46.3 Å². The molecule has 0 aliphatic carbocycles. The Morgan fingerprint density at radius 3 is 2.83 bits per heavy atom. The summed E-state index contributed by atoms with van der Waals surface area (Å²) in [4.78, 5) is 25.1. The van der Waals surface area contributed by atoms with Crippen molar-refractivity contribution in [2.24, 2.45) is 4.99 Å². The summed E-state index contributed by atoms with van der Waals surface area (Å²) in [6, 6.07) is 15.4. The number of benzene rings is 2. The molecule has 0 fully saturated rings. The van der Waals surface area contributed by atoms with Crippen molar-refractivity contribution in [2.75, 3.05) is 5.75 Å². The molecule has 4 aromatic rings. The van der Waals surface area contributed by atoms with Crippen LogP contribution in [0.25, 0.3) is 0 Å². The quantitative estimate of drug-likeness (QED) is 0.261. The van der Waals surface area contributed by atoms with Crippen LogP contribution in [0.15, 0.2) is 75.8 Å². The average molecular weight is 525 g/mol. The number of nitrogens with zero attached hydrogens (tertiary/aromatic N) is 4. The first-order valence-corrected chi connectivity index (χ1v) is 13.6. The van der Waals surface area contributed by atoms with Crippen LogP contribution in [-0.2, 0) is 24.4 Å². The van der Waals surface area contributed by atoms with Gasteiger partial charge in [-0.25, -0.2) is 15.0 Å². The number of hydrogen-bond acceptors (Lipinski definition) is 6. The van der Waals surface area contributed by atoms with Crippen LogP contribution in [0.3, 0.4) is 0 Å². The lowest BCUT2D eigenvalue weighted by Gasteiger charge is -2.15. The van der Waals surface area contributed by atoms with Crippen LogP contribution in [0, 0.1) is 0 Å². The van der Waals surface area contributed by atoms with E-state index in [4.69, 9.17) is 21.3 Å². The molecule has 1 aliphatic heterocycles. The molecule has 7 nitrogen and oxygen atoms in total. The maximum atomic E-state index is 11.5. The molecule has 5 rings (SSSR count). The van der Waals surface area contributed by atoms with Gasteiger partial charge in [-0.05, 0) is 29.1 Å². The molecule has 0 bridgehead atoms. The maximum absolute atomic E-state index is 11.5. The number of rotatable bonds is 8. The number of aromatic nitrogens is 3. The van der Waals surface area contributed by atoms with E-state index in [1.165, 1.54) is 11.3 Å². The summed E-state index contributed by atoms with van der Waals surface area (Å²) in [6.07, 6.45) is 2.37. The predicted octanol–water partition coefficient (Wildman–Crippen LogP) is 4.92. The van der Waals surface area contributed by atoms with Crippen molar-refractivity contribution >= 4 is 50.4 Å². The Bertz CT molecular complexity index is 1470. The number of ether oxygens (including phenoxy) is 1. The third-order valence-corrected chi connectivity index (χ3v) is 8.36. The lowest BCUT2D eigenvalue weighted by Crippen LogP contribution is -2.20. The van der Waals surface area contributed by atoms with Crippen molar-refractivity contribution in [1.29, 1.82) is 0 Å². The summed E-state index contributed by atoms with van der Waals surface area (Å²) >= 11 is 7.97. The van der Waals surface area contributed by atoms with Gasteiger partial charge in [0.15, 0.2) is 5.49 Å². The molecule has 1 unspecified atom stereocenters. The van der Waals surface area contributed by atoms with E-state index in [0.29, 0.717) is 41.5 Å². The van der Waals surface area contributed by atoms with Crippen LogP contribution in [0.5, 0.6) is 5.75 Å². The Morgan fingerprint density at radius 1 is 1.23 bits per heavy atom. The second kappa shape index (κ2) is 10.6. The molecular formula is C25H21ClN4O3S2. The van der Waals surface area contributed by atoms with Gasteiger partial charge in [-0.3, -0.25) is 4.79 Å². The van der Waals surface area contributed by atoms with Gasteiger partial charge < -0.3 is 14.4 Å². The Morgan fingerprint density at radius 2 is 2.09 bits per heavy atom. The zero-order chi connectivity index (χ0) is 24.2. The maximum Gasteiger partial charge on any atom is 0.313 e. The van der Waals surface area contributed by atoms with E-state index in [1.54, 1.807) is 24.0 Å². The highest BCUT2D eigenvalue weighted by atomic mass is 35.5. The summed E-state index contributed by atoms with van der Waals surface area (Å²) in [5.41, 5.74) is 5.91. The molecule has 0 radical (unpaired) electrons. The van der Waals surface area contributed by atoms with Crippen molar-refractivity contribution in [3.8, 4) is 5.75 Å². The van der Waals surface area contributed by atoms with Crippen molar-refractivity contribution < 1.29 is 14.6 Å². The smallest absolute Gasteiger partial charge is 0.313 e. The monoisotopic (exact) mass is 524 g/mol. The Hall–Kier alpha value is -3.27. The summed E-state index contributed by atoms with van der Waals surface area (Å²) in [7, 11) is -0.524. The minimum absolute atomic E-state index is 0.0576. The first kappa shape index (κ1) is 23.5. The fraction of sp³-hybridized carbons (Fsp3) is 0.160. The third kappa shape index (κ3) is 5.53. The zero-order valence-electron chi connectivity index (χ0n) is 18.5. The van der Waals surface area contributed by atoms with Crippen molar-refractivity contribution in [3.63, 3.8) is 0 Å². The van der Waals surface area contributed by atoms with E-state index in [0.717, 1.165) is 21.8 Å². The summed E-state index contributed by atoms with van der Waals surface area (Å²) in [5.74, 6) is -0.205. The van der Waals surface area contributed by atoms with Gasteiger partial charge in [0.05, 0.1) is 39.0 Å². The molecule has 3 heterocycles. The second-order valence-corrected chi connectivity index (χ2v) is 10.8. The van der Waals surface area contributed by atoms with E-state index >= 15 is 0 Å². The SMILES string of the molecule is O=C(O)CS1=CCc2c1n(Cc1ccccc1)cnc2=Nc1ccc(OCc2cscn2)c(Cl)c1. The molecule has 1 aliphatic rings. The highest BCUT2D eigenvalue weighted by molar-refractivity contribution is 8.15. The van der Waals surface area contributed by atoms with Gasteiger partial charge in [0.25, 0.3) is 0 Å². The number of carbonyl (C=O) groups is 1. The Balaban J connectivity index is 1.47. The van der Waals surface area contributed by atoms with Crippen LogP contribution in [0.4, 0.5) is 5.69 Å². The average Bonchev–Trinajstić information content (AvgIpc) is 3.51. The summed E-state index contributed by atoms with van der Waals surface area (Å²) < 4.78 is 7.82.